The summed E-state index contributed by atoms with van der Waals surface area (Å²) < 4.78 is 25.3. The first-order valence-electron chi connectivity index (χ1n) is 7.63. The lowest BCUT2D eigenvalue weighted by molar-refractivity contribution is 0.0288. The molecule has 2 atom stereocenters. The van der Waals surface area contributed by atoms with Crippen LogP contribution in [-0.2, 0) is 5.54 Å². The van der Waals surface area contributed by atoms with Crippen molar-refractivity contribution in [3.63, 3.8) is 0 Å². The molecule has 10 heteroatoms. The molecule has 1 aromatic heterocycles. The number of aromatic nitrogens is 2. The van der Waals surface area contributed by atoms with Gasteiger partial charge in [0.05, 0.1) is 11.6 Å². The minimum absolute atomic E-state index is 0. The van der Waals surface area contributed by atoms with Crippen LogP contribution in [0.15, 0.2) is 36.4 Å². The summed E-state index contributed by atoms with van der Waals surface area (Å²) in [6.45, 7) is 0.924. The fourth-order valence-electron chi connectivity index (χ4n) is 2.99. The molecule has 0 unspecified atom stereocenters. The van der Waals surface area contributed by atoms with Gasteiger partial charge in [-0.15, -0.1) is 24.8 Å². The number of piperidine rings is 1. The lowest BCUT2D eigenvalue weighted by atomic mass is 9.79. The number of aromatic amines is 1. The number of amides is 1. The van der Waals surface area contributed by atoms with Gasteiger partial charge in [-0.05, 0) is 24.6 Å². The zero-order valence-corrected chi connectivity index (χ0v) is 15.2. The first-order valence-corrected chi connectivity index (χ1v) is 7.63. The summed E-state index contributed by atoms with van der Waals surface area (Å²) in [5.74, 6) is -0.608. The maximum Gasteiger partial charge on any atom is 0.279 e. The van der Waals surface area contributed by atoms with Crippen LogP contribution in [0.3, 0.4) is 0 Å². The van der Waals surface area contributed by atoms with Crippen molar-refractivity contribution in [1.82, 2.24) is 20.8 Å². The van der Waals surface area contributed by atoms with Crippen LogP contribution in [-0.4, -0.2) is 40.4 Å². The van der Waals surface area contributed by atoms with Gasteiger partial charge in [0.2, 0.25) is 0 Å². The molecule has 144 valence electrons. The Morgan fingerprint density at radius 3 is 2.58 bits per heavy atom. The lowest BCUT2D eigenvalue weighted by Gasteiger charge is -2.42. The molecule has 1 saturated heterocycles. The molecular weight excluding hydrogens is 389 g/mol. The van der Waals surface area contributed by atoms with E-state index in [1.807, 2.05) is 30.3 Å². The number of halogens is 4. The number of alkyl halides is 2. The fourth-order valence-corrected chi connectivity index (χ4v) is 2.99. The Kier molecular flexibility index (Phi) is 7.95. The molecule has 0 spiro atoms. The maximum atomic E-state index is 12.7. The van der Waals surface area contributed by atoms with E-state index in [4.69, 9.17) is 0 Å². The molecule has 1 aromatic carbocycles. The van der Waals surface area contributed by atoms with Crippen LogP contribution in [0.2, 0.25) is 0 Å². The van der Waals surface area contributed by atoms with Crippen molar-refractivity contribution in [2.45, 2.75) is 24.5 Å². The van der Waals surface area contributed by atoms with E-state index in [9.17, 15) is 18.7 Å². The molecule has 6 nitrogen and oxygen atoms in total. The van der Waals surface area contributed by atoms with E-state index in [2.05, 4.69) is 20.8 Å². The second-order valence-corrected chi connectivity index (χ2v) is 5.77. The zero-order chi connectivity index (χ0) is 17.2. The highest BCUT2D eigenvalue weighted by molar-refractivity contribution is 5.93. The number of hydrogen-bond acceptors (Lipinski definition) is 4. The van der Waals surface area contributed by atoms with Gasteiger partial charge in [0.25, 0.3) is 12.3 Å². The van der Waals surface area contributed by atoms with E-state index >= 15 is 0 Å². The van der Waals surface area contributed by atoms with Crippen LogP contribution in [0.25, 0.3) is 0 Å². The topological polar surface area (TPSA) is 90.0 Å². The number of carbonyl (C=O) groups is 1. The predicted octanol–water partition coefficient (Wildman–Crippen LogP) is 2.17. The van der Waals surface area contributed by atoms with Crippen molar-refractivity contribution in [2.24, 2.45) is 0 Å². The summed E-state index contributed by atoms with van der Waals surface area (Å²) in [4.78, 5) is 12.5. The third-order valence-corrected chi connectivity index (χ3v) is 4.29. The number of β-amino-alcohol motifs (C(OH)–C–C–N with tert-alkyl or cyclic N) is 1. The van der Waals surface area contributed by atoms with Gasteiger partial charge in [-0.25, -0.2) is 8.78 Å². The highest BCUT2D eigenvalue weighted by Crippen LogP contribution is 2.31. The molecule has 3 rings (SSSR count). The van der Waals surface area contributed by atoms with Gasteiger partial charge >= 0.3 is 0 Å². The van der Waals surface area contributed by atoms with Gasteiger partial charge in [-0.3, -0.25) is 9.89 Å². The van der Waals surface area contributed by atoms with Gasteiger partial charge in [-0.2, -0.15) is 5.10 Å². The molecule has 2 heterocycles. The van der Waals surface area contributed by atoms with Gasteiger partial charge in [-0.1, -0.05) is 30.3 Å². The SMILES string of the molecule is Cl.Cl.O=C(N[C@]1(c2ccccc2)CCNC[C@H]1O)c1cc(C(F)F)[nH]n1. The number of carbonyl (C=O) groups excluding carboxylic acids is 1. The van der Waals surface area contributed by atoms with Gasteiger partial charge in [0.1, 0.15) is 11.4 Å². The number of nitrogens with one attached hydrogen (secondary N) is 3. The molecule has 1 amide bonds. The minimum Gasteiger partial charge on any atom is -0.389 e. The number of hydrogen-bond donors (Lipinski definition) is 4. The summed E-state index contributed by atoms with van der Waals surface area (Å²) in [5, 5.41) is 22.2. The Bertz CT molecular complexity index is 717. The van der Waals surface area contributed by atoms with Crippen molar-refractivity contribution >= 4 is 30.7 Å². The summed E-state index contributed by atoms with van der Waals surface area (Å²) in [6, 6.07) is 10.2. The summed E-state index contributed by atoms with van der Waals surface area (Å²) >= 11 is 0. The highest BCUT2D eigenvalue weighted by atomic mass is 35.5. The Morgan fingerprint density at radius 2 is 2.00 bits per heavy atom. The van der Waals surface area contributed by atoms with E-state index in [-0.39, 0.29) is 30.5 Å². The van der Waals surface area contributed by atoms with Crippen molar-refractivity contribution in [3.8, 4) is 0 Å². The fraction of sp³-hybridized carbons (Fsp3) is 0.375. The van der Waals surface area contributed by atoms with Crippen LogP contribution in [0.1, 0.15) is 34.6 Å². The third-order valence-electron chi connectivity index (χ3n) is 4.29. The van der Waals surface area contributed by atoms with Crippen LogP contribution in [0, 0.1) is 0 Å². The molecule has 26 heavy (non-hydrogen) atoms. The van der Waals surface area contributed by atoms with Crippen molar-refractivity contribution in [2.75, 3.05) is 13.1 Å². The Balaban J connectivity index is 0.00000169. The highest BCUT2D eigenvalue weighted by Gasteiger charge is 2.43. The zero-order valence-electron chi connectivity index (χ0n) is 13.6. The van der Waals surface area contributed by atoms with Gasteiger partial charge in [0, 0.05) is 6.54 Å². The molecule has 1 aliphatic rings. The number of aliphatic hydroxyl groups is 1. The molecule has 1 fully saturated rings. The number of H-pyrrole nitrogens is 1. The smallest absolute Gasteiger partial charge is 0.279 e. The number of aliphatic hydroxyl groups excluding tert-OH is 1. The summed E-state index contributed by atoms with van der Waals surface area (Å²) in [6.07, 6.45) is -3.12. The molecule has 4 N–H and O–H groups in total. The quantitative estimate of drug-likeness (QED) is 0.623. The molecule has 0 radical (unpaired) electrons. The van der Waals surface area contributed by atoms with Gasteiger partial charge in [0.15, 0.2) is 0 Å². The van der Waals surface area contributed by atoms with Crippen LogP contribution in [0.4, 0.5) is 8.78 Å². The van der Waals surface area contributed by atoms with E-state index in [0.717, 1.165) is 11.6 Å². The summed E-state index contributed by atoms with van der Waals surface area (Å²) in [7, 11) is 0. The molecule has 0 aliphatic carbocycles. The average molecular weight is 409 g/mol. The van der Waals surface area contributed by atoms with Gasteiger partial charge < -0.3 is 15.7 Å². The van der Waals surface area contributed by atoms with E-state index < -0.39 is 29.7 Å². The Labute approximate surface area is 161 Å². The second-order valence-electron chi connectivity index (χ2n) is 5.77. The number of nitrogens with zero attached hydrogens (tertiary/aromatic N) is 1. The molecule has 0 bridgehead atoms. The van der Waals surface area contributed by atoms with Crippen molar-refractivity contribution < 1.29 is 18.7 Å². The normalized spacial score (nSPS) is 22.2. The number of rotatable bonds is 4. The van der Waals surface area contributed by atoms with E-state index in [1.165, 1.54) is 0 Å². The largest absolute Gasteiger partial charge is 0.389 e. The Morgan fingerprint density at radius 1 is 1.31 bits per heavy atom. The second kappa shape index (κ2) is 9.27. The van der Waals surface area contributed by atoms with Crippen LogP contribution in [0.5, 0.6) is 0 Å². The molecular formula is C16H20Cl2F2N4O2. The first-order chi connectivity index (χ1) is 11.5. The van der Waals surface area contributed by atoms with Crippen molar-refractivity contribution in [3.05, 3.63) is 53.3 Å². The molecule has 1 aliphatic heterocycles. The average Bonchev–Trinajstić information content (AvgIpc) is 3.08. The monoisotopic (exact) mass is 408 g/mol. The number of benzene rings is 1. The molecule has 0 saturated carbocycles. The third kappa shape index (κ3) is 4.32. The molecule has 2 aromatic rings. The van der Waals surface area contributed by atoms with E-state index in [0.29, 0.717) is 19.5 Å². The lowest BCUT2D eigenvalue weighted by Crippen LogP contribution is -2.61. The van der Waals surface area contributed by atoms with E-state index in [1.54, 1.807) is 0 Å². The maximum absolute atomic E-state index is 12.7. The predicted molar refractivity (Wildman–Crippen MR) is 97.1 cm³/mol. The van der Waals surface area contributed by atoms with Crippen molar-refractivity contribution in [1.29, 1.82) is 0 Å². The standard InChI is InChI=1S/C16H18F2N4O2.2ClH/c17-14(18)11-8-12(22-21-11)15(24)20-16(6-7-19-9-13(16)23)10-4-2-1-3-5-10;;/h1-5,8,13-14,19,23H,6-7,9H2,(H,20,24)(H,21,22);2*1H/t13-,16+;;/m1../s1. The van der Waals surface area contributed by atoms with Crippen LogP contribution < -0.4 is 10.6 Å². The van der Waals surface area contributed by atoms with Crippen LogP contribution >= 0.6 is 24.8 Å². The first kappa shape index (κ1) is 22.3. The minimum atomic E-state index is -2.73. The summed E-state index contributed by atoms with van der Waals surface area (Å²) in [5.41, 5.74) is -0.781. The Hall–Kier alpha value is -1.74.